The van der Waals surface area contributed by atoms with E-state index in [1.165, 1.54) is 12.7 Å². The van der Waals surface area contributed by atoms with Gasteiger partial charge < -0.3 is 9.47 Å². The van der Waals surface area contributed by atoms with Crippen molar-refractivity contribution in [3.8, 4) is 5.75 Å². The van der Waals surface area contributed by atoms with E-state index in [0.29, 0.717) is 17.9 Å². The van der Waals surface area contributed by atoms with Crippen LogP contribution in [-0.2, 0) is 11.2 Å². The summed E-state index contributed by atoms with van der Waals surface area (Å²) in [4.78, 5) is 11.4. The van der Waals surface area contributed by atoms with Gasteiger partial charge in [-0.25, -0.2) is 4.79 Å². The summed E-state index contributed by atoms with van der Waals surface area (Å²) < 4.78 is 10.1. The van der Waals surface area contributed by atoms with Crippen LogP contribution in [0.5, 0.6) is 5.75 Å². The van der Waals surface area contributed by atoms with Gasteiger partial charge in [0.05, 0.1) is 13.7 Å². The Hall–Kier alpha value is -1.51. The number of rotatable bonds is 1. The number of fused-ring (bicyclic) bond motifs is 1. The van der Waals surface area contributed by atoms with Crippen LogP contribution in [0.3, 0.4) is 0 Å². The van der Waals surface area contributed by atoms with Gasteiger partial charge >= 0.3 is 5.97 Å². The summed E-state index contributed by atoms with van der Waals surface area (Å²) in [6.07, 6.45) is 0.881. The molecule has 0 amide bonds. The minimum absolute atomic E-state index is 0.330. The second-order valence-corrected chi connectivity index (χ2v) is 3.33. The number of esters is 1. The molecule has 0 aliphatic carbocycles. The van der Waals surface area contributed by atoms with Crippen molar-refractivity contribution in [1.29, 1.82) is 0 Å². The lowest BCUT2D eigenvalue weighted by Crippen LogP contribution is -2.04. The van der Waals surface area contributed by atoms with E-state index in [1.807, 2.05) is 13.0 Å². The molecule has 0 fully saturated rings. The molecular formula is C11H12O3. The minimum atomic E-state index is -0.330. The Morgan fingerprint density at radius 1 is 1.50 bits per heavy atom. The number of hydrogen-bond donors (Lipinski definition) is 0. The molecule has 74 valence electrons. The molecule has 3 heteroatoms. The second-order valence-electron chi connectivity index (χ2n) is 3.33. The number of aryl methyl sites for hydroxylation is 1. The number of carbonyl (C=O) groups excluding carboxylic acids is 1. The van der Waals surface area contributed by atoms with E-state index in [1.54, 1.807) is 6.07 Å². The standard InChI is InChI=1S/C11H12O3/c1-7-3-4-9(11(12)13-2)10-8(7)5-6-14-10/h3-4H,5-6H2,1-2H3. The molecule has 0 atom stereocenters. The molecule has 0 radical (unpaired) electrons. The molecule has 1 aliphatic heterocycles. The smallest absolute Gasteiger partial charge is 0.341 e. The van der Waals surface area contributed by atoms with E-state index in [4.69, 9.17) is 4.74 Å². The molecular weight excluding hydrogens is 180 g/mol. The van der Waals surface area contributed by atoms with Crippen LogP contribution in [0.2, 0.25) is 0 Å². The Kier molecular flexibility index (Phi) is 2.15. The van der Waals surface area contributed by atoms with E-state index in [-0.39, 0.29) is 5.97 Å². The fourth-order valence-electron chi connectivity index (χ4n) is 1.73. The predicted octanol–water partition coefficient (Wildman–Crippen LogP) is 1.72. The van der Waals surface area contributed by atoms with Crippen molar-refractivity contribution in [2.24, 2.45) is 0 Å². The SMILES string of the molecule is COC(=O)c1ccc(C)c2c1OCC2. The zero-order valence-electron chi connectivity index (χ0n) is 8.29. The zero-order valence-corrected chi connectivity index (χ0v) is 8.29. The monoisotopic (exact) mass is 192 g/mol. The van der Waals surface area contributed by atoms with Crippen LogP contribution in [0, 0.1) is 6.92 Å². The molecule has 0 spiro atoms. The van der Waals surface area contributed by atoms with Crippen molar-refractivity contribution in [3.63, 3.8) is 0 Å². The normalized spacial score (nSPS) is 13.3. The number of carbonyl (C=O) groups is 1. The van der Waals surface area contributed by atoms with Crippen molar-refractivity contribution in [1.82, 2.24) is 0 Å². The Balaban J connectivity index is 2.53. The van der Waals surface area contributed by atoms with Gasteiger partial charge in [0, 0.05) is 12.0 Å². The van der Waals surface area contributed by atoms with Crippen LogP contribution >= 0.6 is 0 Å². The highest BCUT2D eigenvalue weighted by Gasteiger charge is 2.22. The molecule has 0 N–H and O–H groups in total. The van der Waals surface area contributed by atoms with Gasteiger partial charge in [0.25, 0.3) is 0 Å². The number of benzene rings is 1. The van der Waals surface area contributed by atoms with Gasteiger partial charge in [-0.05, 0) is 18.6 Å². The van der Waals surface area contributed by atoms with Crippen LogP contribution in [0.15, 0.2) is 12.1 Å². The summed E-state index contributed by atoms with van der Waals surface area (Å²) in [5.41, 5.74) is 2.84. The van der Waals surface area contributed by atoms with E-state index < -0.39 is 0 Å². The largest absolute Gasteiger partial charge is 0.492 e. The molecule has 3 nitrogen and oxygen atoms in total. The summed E-state index contributed by atoms with van der Waals surface area (Å²) in [5.74, 6) is 0.375. The van der Waals surface area contributed by atoms with Gasteiger partial charge in [0.2, 0.25) is 0 Å². The van der Waals surface area contributed by atoms with E-state index >= 15 is 0 Å². The van der Waals surface area contributed by atoms with Crippen molar-refractivity contribution < 1.29 is 14.3 Å². The van der Waals surface area contributed by atoms with Gasteiger partial charge in [0.1, 0.15) is 11.3 Å². The Labute approximate surface area is 82.6 Å². The molecule has 1 aliphatic rings. The van der Waals surface area contributed by atoms with Crippen molar-refractivity contribution in [2.45, 2.75) is 13.3 Å². The highest BCUT2D eigenvalue weighted by molar-refractivity contribution is 5.93. The predicted molar refractivity (Wildman–Crippen MR) is 51.7 cm³/mol. The summed E-state index contributed by atoms with van der Waals surface area (Å²) in [6.45, 7) is 2.68. The number of methoxy groups -OCH3 is 1. The average molecular weight is 192 g/mol. The van der Waals surface area contributed by atoms with Gasteiger partial charge in [-0.1, -0.05) is 6.07 Å². The third kappa shape index (κ3) is 1.25. The lowest BCUT2D eigenvalue weighted by Gasteiger charge is -2.07. The summed E-state index contributed by atoms with van der Waals surface area (Å²) in [6, 6.07) is 3.69. The van der Waals surface area contributed by atoms with Crippen molar-refractivity contribution in [3.05, 3.63) is 28.8 Å². The van der Waals surface area contributed by atoms with Gasteiger partial charge in [-0.3, -0.25) is 0 Å². The van der Waals surface area contributed by atoms with Gasteiger partial charge in [-0.2, -0.15) is 0 Å². The first-order valence-corrected chi connectivity index (χ1v) is 4.57. The highest BCUT2D eigenvalue weighted by Crippen LogP contribution is 2.32. The topological polar surface area (TPSA) is 35.5 Å². The summed E-state index contributed by atoms with van der Waals surface area (Å²) in [5, 5.41) is 0. The molecule has 0 unspecified atom stereocenters. The zero-order chi connectivity index (χ0) is 10.1. The van der Waals surface area contributed by atoms with E-state index in [9.17, 15) is 4.79 Å². The first-order chi connectivity index (χ1) is 6.74. The Bertz CT molecular complexity index is 382. The molecule has 2 rings (SSSR count). The maximum absolute atomic E-state index is 11.4. The van der Waals surface area contributed by atoms with Gasteiger partial charge in [0.15, 0.2) is 0 Å². The number of hydrogen-bond acceptors (Lipinski definition) is 3. The molecule has 0 saturated heterocycles. The molecule has 1 aromatic rings. The fraction of sp³-hybridized carbons (Fsp3) is 0.364. The van der Waals surface area contributed by atoms with Crippen molar-refractivity contribution >= 4 is 5.97 Å². The Morgan fingerprint density at radius 3 is 3.00 bits per heavy atom. The van der Waals surface area contributed by atoms with Crippen LogP contribution in [-0.4, -0.2) is 19.7 Å². The third-order valence-corrected chi connectivity index (χ3v) is 2.50. The first-order valence-electron chi connectivity index (χ1n) is 4.57. The van der Waals surface area contributed by atoms with Crippen LogP contribution in [0.1, 0.15) is 21.5 Å². The van der Waals surface area contributed by atoms with Crippen LogP contribution < -0.4 is 4.74 Å². The van der Waals surface area contributed by atoms with Crippen LogP contribution in [0.4, 0.5) is 0 Å². The maximum atomic E-state index is 11.4. The molecule has 1 aromatic carbocycles. The second kappa shape index (κ2) is 3.33. The molecule has 0 saturated carbocycles. The number of ether oxygens (including phenoxy) is 2. The highest BCUT2D eigenvalue weighted by atomic mass is 16.5. The molecule has 14 heavy (non-hydrogen) atoms. The summed E-state index contributed by atoms with van der Waals surface area (Å²) >= 11 is 0. The minimum Gasteiger partial charge on any atom is -0.492 e. The average Bonchev–Trinajstić information content (AvgIpc) is 2.67. The van der Waals surface area contributed by atoms with E-state index in [0.717, 1.165) is 12.0 Å². The fourth-order valence-corrected chi connectivity index (χ4v) is 1.73. The quantitative estimate of drug-likeness (QED) is 0.635. The molecule has 0 bridgehead atoms. The first kappa shape index (κ1) is 9.06. The summed E-state index contributed by atoms with van der Waals surface area (Å²) in [7, 11) is 1.38. The van der Waals surface area contributed by atoms with E-state index in [2.05, 4.69) is 4.74 Å². The van der Waals surface area contributed by atoms with Crippen molar-refractivity contribution in [2.75, 3.05) is 13.7 Å². The lowest BCUT2D eigenvalue weighted by atomic mass is 10.0. The lowest BCUT2D eigenvalue weighted by molar-refractivity contribution is 0.0597. The third-order valence-electron chi connectivity index (χ3n) is 2.50. The maximum Gasteiger partial charge on any atom is 0.341 e. The van der Waals surface area contributed by atoms with Crippen LogP contribution in [0.25, 0.3) is 0 Å². The Morgan fingerprint density at radius 2 is 2.29 bits per heavy atom. The molecule has 0 aromatic heterocycles. The molecule has 1 heterocycles. The van der Waals surface area contributed by atoms with Gasteiger partial charge in [-0.15, -0.1) is 0 Å².